The fourth-order valence-corrected chi connectivity index (χ4v) is 1.79. The summed E-state index contributed by atoms with van der Waals surface area (Å²) in [6.45, 7) is 0.477. The zero-order valence-electron chi connectivity index (χ0n) is 13.7. The van der Waals surface area contributed by atoms with Crippen LogP contribution in [0.4, 0.5) is 0 Å². The average Bonchev–Trinajstić information content (AvgIpc) is 2.59. The molecule has 0 saturated carbocycles. The molecule has 1 rings (SSSR count). The van der Waals surface area contributed by atoms with Crippen molar-refractivity contribution in [3.8, 4) is 11.5 Å². The Morgan fingerprint density at radius 1 is 1.04 bits per heavy atom. The molecule has 1 aromatic carbocycles. The first-order valence-electron chi connectivity index (χ1n) is 7.24. The number of methoxy groups -OCH3 is 3. The molecule has 0 radical (unpaired) electrons. The van der Waals surface area contributed by atoms with Gasteiger partial charge in [0.25, 0.3) is 0 Å². The monoisotopic (exact) mass is 322 g/mol. The Balaban J connectivity index is 2.54. The topological polar surface area (TPSA) is 71.1 Å². The highest BCUT2D eigenvalue weighted by atomic mass is 16.5. The Hall–Kier alpha value is -2.50. The molecule has 23 heavy (non-hydrogen) atoms. The molecule has 0 atom stereocenters. The molecule has 0 amide bonds. The second-order valence-corrected chi connectivity index (χ2v) is 4.65. The summed E-state index contributed by atoms with van der Waals surface area (Å²) in [5, 5.41) is 0. The molecule has 6 heteroatoms. The van der Waals surface area contributed by atoms with E-state index in [4.69, 9.17) is 9.47 Å². The third-order valence-electron chi connectivity index (χ3n) is 3.06. The lowest BCUT2D eigenvalue weighted by atomic mass is 10.2. The van der Waals surface area contributed by atoms with E-state index in [0.717, 1.165) is 12.0 Å². The van der Waals surface area contributed by atoms with Crippen molar-refractivity contribution >= 4 is 18.0 Å². The molecule has 6 nitrogen and oxygen atoms in total. The molecule has 0 aliphatic heterocycles. The van der Waals surface area contributed by atoms with E-state index in [1.165, 1.54) is 20.3 Å². The van der Waals surface area contributed by atoms with Gasteiger partial charge in [-0.05, 0) is 36.6 Å². The van der Waals surface area contributed by atoms with Crippen molar-refractivity contribution in [2.24, 2.45) is 0 Å². The van der Waals surface area contributed by atoms with Gasteiger partial charge in [0.2, 0.25) is 0 Å². The Morgan fingerprint density at radius 3 is 2.48 bits per heavy atom. The van der Waals surface area contributed by atoms with E-state index in [9.17, 15) is 9.59 Å². The number of benzene rings is 1. The number of rotatable bonds is 9. The first kappa shape index (κ1) is 18.5. The SMILES string of the molecule is COC(=O)/C=C/c1ccc(OCCCCC(=O)OC)c(OC)c1. The summed E-state index contributed by atoms with van der Waals surface area (Å²) < 4.78 is 20.0. The van der Waals surface area contributed by atoms with Gasteiger partial charge in [0.1, 0.15) is 0 Å². The van der Waals surface area contributed by atoms with Crippen molar-refractivity contribution < 1.29 is 28.5 Å². The standard InChI is InChI=1S/C17H22O6/c1-20-15-12-13(8-10-17(19)22-3)7-9-14(15)23-11-5-4-6-16(18)21-2/h7-10,12H,4-6,11H2,1-3H3/b10-8+. The van der Waals surface area contributed by atoms with Crippen LogP contribution in [0.15, 0.2) is 24.3 Å². The minimum absolute atomic E-state index is 0.218. The molecule has 0 heterocycles. The number of carbonyl (C=O) groups is 2. The van der Waals surface area contributed by atoms with Crippen molar-refractivity contribution in [3.05, 3.63) is 29.8 Å². The Morgan fingerprint density at radius 2 is 1.83 bits per heavy atom. The Bertz CT molecular complexity index is 550. The quantitative estimate of drug-likeness (QED) is 0.395. The largest absolute Gasteiger partial charge is 0.493 e. The second-order valence-electron chi connectivity index (χ2n) is 4.65. The maximum absolute atomic E-state index is 11.1. The zero-order chi connectivity index (χ0) is 17.1. The van der Waals surface area contributed by atoms with Crippen molar-refractivity contribution in [1.29, 1.82) is 0 Å². The summed E-state index contributed by atoms with van der Waals surface area (Å²) in [5.74, 6) is 0.546. The molecular weight excluding hydrogens is 300 g/mol. The Kier molecular flexibility index (Phi) is 8.28. The highest BCUT2D eigenvalue weighted by molar-refractivity contribution is 5.87. The fourth-order valence-electron chi connectivity index (χ4n) is 1.79. The lowest BCUT2D eigenvalue weighted by molar-refractivity contribution is -0.140. The smallest absolute Gasteiger partial charge is 0.330 e. The minimum Gasteiger partial charge on any atom is -0.493 e. The maximum atomic E-state index is 11.1. The number of ether oxygens (including phenoxy) is 4. The van der Waals surface area contributed by atoms with Crippen LogP contribution in [0.5, 0.6) is 11.5 Å². The van der Waals surface area contributed by atoms with Crippen LogP contribution >= 0.6 is 0 Å². The van der Waals surface area contributed by atoms with Gasteiger partial charge in [-0.2, -0.15) is 0 Å². The lowest BCUT2D eigenvalue weighted by Crippen LogP contribution is -2.03. The maximum Gasteiger partial charge on any atom is 0.330 e. The molecule has 0 spiro atoms. The number of unbranched alkanes of at least 4 members (excludes halogenated alkanes) is 1. The van der Waals surface area contributed by atoms with Crippen LogP contribution in [0, 0.1) is 0 Å². The minimum atomic E-state index is -0.421. The van der Waals surface area contributed by atoms with E-state index in [2.05, 4.69) is 9.47 Å². The van der Waals surface area contributed by atoms with E-state index in [1.807, 2.05) is 6.07 Å². The average molecular weight is 322 g/mol. The molecule has 1 aromatic rings. The van der Waals surface area contributed by atoms with Crippen molar-refractivity contribution in [3.63, 3.8) is 0 Å². The van der Waals surface area contributed by atoms with E-state index in [1.54, 1.807) is 25.3 Å². The van der Waals surface area contributed by atoms with Crippen LogP contribution in [0.2, 0.25) is 0 Å². The summed E-state index contributed by atoms with van der Waals surface area (Å²) >= 11 is 0. The molecule has 0 aromatic heterocycles. The van der Waals surface area contributed by atoms with Gasteiger partial charge in [-0.3, -0.25) is 4.79 Å². The predicted octanol–water partition coefficient (Wildman–Crippen LogP) is 2.60. The third kappa shape index (κ3) is 6.86. The van der Waals surface area contributed by atoms with E-state index >= 15 is 0 Å². The fraction of sp³-hybridized carbons (Fsp3) is 0.412. The van der Waals surface area contributed by atoms with Gasteiger partial charge in [0.05, 0.1) is 27.9 Å². The van der Waals surface area contributed by atoms with E-state index < -0.39 is 5.97 Å². The van der Waals surface area contributed by atoms with Gasteiger partial charge in [0, 0.05) is 12.5 Å². The summed E-state index contributed by atoms with van der Waals surface area (Å²) in [6.07, 6.45) is 4.79. The summed E-state index contributed by atoms with van der Waals surface area (Å²) in [7, 11) is 4.25. The summed E-state index contributed by atoms with van der Waals surface area (Å²) in [6, 6.07) is 5.35. The van der Waals surface area contributed by atoms with Crippen LogP contribution in [0.3, 0.4) is 0 Å². The highest BCUT2D eigenvalue weighted by Crippen LogP contribution is 2.28. The van der Waals surface area contributed by atoms with Gasteiger partial charge >= 0.3 is 11.9 Å². The first-order chi connectivity index (χ1) is 11.1. The predicted molar refractivity (Wildman–Crippen MR) is 85.4 cm³/mol. The molecule has 0 aliphatic rings. The number of carbonyl (C=O) groups excluding carboxylic acids is 2. The van der Waals surface area contributed by atoms with E-state index in [0.29, 0.717) is 30.9 Å². The molecule has 0 aliphatic carbocycles. The number of esters is 2. The van der Waals surface area contributed by atoms with Gasteiger partial charge in [-0.1, -0.05) is 6.07 Å². The second kappa shape index (κ2) is 10.3. The third-order valence-corrected chi connectivity index (χ3v) is 3.06. The lowest BCUT2D eigenvalue weighted by Gasteiger charge is -2.11. The van der Waals surface area contributed by atoms with Crippen LogP contribution in [0.25, 0.3) is 6.08 Å². The van der Waals surface area contributed by atoms with Gasteiger partial charge in [0.15, 0.2) is 11.5 Å². The summed E-state index contributed by atoms with van der Waals surface area (Å²) in [5.41, 5.74) is 0.797. The molecule has 126 valence electrons. The molecule has 0 N–H and O–H groups in total. The van der Waals surface area contributed by atoms with E-state index in [-0.39, 0.29) is 5.97 Å². The number of hydrogen-bond donors (Lipinski definition) is 0. The Labute approximate surface area is 136 Å². The number of hydrogen-bond acceptors (Lipinski definition) is 6. The van der Waals surface area contributed by atoms with Crippen LogP contribution in [-0.4, -0.2) is 39.9 Å². The van der Waals surface area contributed by atoms with Crippen molar-refractivity contribution in [2.45, 2.75) is 19.3 Å². The van der Waals surface area contributed by atoms with Gasteiger partial charge in [-0.15, -0.1) is 0 Å². The van der Waals surface area contributed by atoms with Crippen molar-refractivity contribution in [1.82, 2.24) is 0 Å². The molecule has 0 saturated heterocycles. The van der Waals surface area contributed by atoms with Crippen LogP contribution in [-0.2, 0) is 19.1 Å². The zero-order valence-corrected chi connectivity index (χ0v) is 13.7. The van der Waals surface area contributed by atoms with Gasteiger partial charge in [-0.25, -0.2) is 4.79 Å². The highest BCUT2D eigenvalue weighted by Gasteiger charge is 2.06. The molecular formula is C17H22O6. The van der Waals surface area contributed by atoms with Crippen LogP contribution in [0.1, 0.15) is 24.8 Å². The van der Waals surface area contributed by atoms with Crippen molar-refractivity contribution in [2.75, 3.05) is 27.9 Å². The normalized spacial score (nSPS) is 10.4. The summed E-state index contributed by atoms with van der Waals surface area (Å²) in [4.78, 5) is 22.1. The molecule has 0 unspecified atom stereocenters. The van der Waals surface area contributed by atoms with Gasteiger partial charge < -0.3 is 18.9 Å². The molecule has 0 bridgehead atoms. The first-order valence-corrected chi connectivity index (χ1v) is 7.24. The molecule has 0 fully saturated rings. The van der Waals surface area contributed by atoms with Crippen LogP contribution < -0.4 is 9.47 Å².